The molecule has 0 fully saturated rings. The van der Waals surface area contributed by atoms with Crippen LogP contribution in [0.3, 0.4) is 0 Å². The van der Waals surface area contributed by atoms with Gasteiger partial charge in [-0.15, -0.1) is 0 Å². The first kappa shape index (κ1) is 13.1. The Hall–Kier alpha value is -2.35. The van der Waals surface area contributed by atoms with Gasteiger partial charge in [0.05, 0.1) is 5.92 Å². The van der Waals surface area contributed by atoms with Gasteiger partial charge in [-0.1, -0.05) is 61.2 Å². The fourth-order valence-corrected chi connectivity index (χ4v) is 1.92. The second kappa shape index (κ2) is 5.53. The van der Waals surface area contributed by atoms with Crippen LogP contribution in [0.4, 0.5) is 0 Å². The predicted molar refractivity (Wildman–Crippen MR) is 77.1 cm³/mol. The molecule has 0 bridgehead atoms. The minimum atomic E-state index is -0.811. The maximum atomic E-state index is 10.9. The first-order chi connectivity index (χ1) is 9.09. The van der Waals surface area contributed by atoms with Crippen molar-refractivity contribution in [1.82, 2.24) is 0 Å². The summed E-state index contributed by atoms with van der Waals surface area (Å²) in [5.74, 6) is -1.30. The van der Waals surface area contributed by atoms with Crippen molar-refractivity contribution in [3.63, 3.8) is 0 Å². The molecule has 0 aliphatic carbocycles. The highest BCUT2D eigenvalue weighted by atomic mass is 16.4. The molecule has 0 aliphatic rings. The second-order valence-electron chi connectivity index (χ2n) is 4.53. The van der Waals surface area contributed by atoms with Crippen LogP contribution in [0.1, 0.15) is 29.5 Å². The molecule has 0 aromatic heterocycles. The van der Waals surface area contributed by atoms with E-state index in [0.717, 1.165) is 22.3 Å². The summed E-state index contributed by atoms with van der Waals surface area (Å²) in [5.41, 5.74) is 3.82. The van der Waals surface area contributed by atoms with Gasteiger partial charge in [0.25, 0.3) is 0 Å². The standard InChI is InChI=1S/C17H16O2/c1-12(14-6-4-3-5-7-14)15-8-10-16(11-9-15)13(2)17(18)19/h3-11,13H,1H2,2H3,(H,18,19). The minimum Gasteiger partial charge on any atom is -0.481 e. The summed E-state index contributed by atoms with van der Waals surface area (Å²) in [7, 11) is 0. The van der Waals surface area contributed by atoms with E-state index in [4.69, 9.17) is 5.11 Å². The third kappa shape index (κ3) is 2.91. The van der Waals surface area contributed by atoms with E-state index in [-0.39, 0.29) is 0 Å². The van der Waals surface area contributed by atoms with E-state index in [1.54, 1.807) is 6.92 Å². The summed E-state index contributed by atoms with van der Waals surface area (Å²) in [6.45, 7) is 5.77. The van der Waals surface area contributed by atoms with E-state index in [9.17, 15) is 4.79 Å². The van der Waals surface area contributed by atoms with Crippen molar-refractivity contribution < 1.29 is 9.90 Å². The van der Waals surface area contributed by atoms with Crippen molar-refractivity contribution in [2.24, 2.45) is 0 Å². The van der Waals surface area contributed by atoms with Gasteiger partial charge < -0.3 is 5.11 Å². The van der Waals surface area contributed by atoms with Crippen LogP contribution in [0.2, 0.25) is 0 Å². The van der Waals surface area contributed by atoms with Crippen molar-refractivity contribution in [2.75, 3.05) is 0 Å². The Morgan fingerprint density at radius 3 is 2.05 bits per heavy atom. The van der Waals surface area contributed by atoms with E-state index in [1.165, 1.54) is 0 Å². The first-order valence-corrected chi connectivity index (χ1v) is 6.17. The lowest BCUT2D eigenvalue weighted by Gasteiger charge is -2.10. The molecule has 2 heteroatoms. The Morgan fingerprint density at radius 2 is 1.53 bits per heavy atom. The fourth-order valence-electron chi connectivity index (χ4n) is 1.92. The molecule has 19 heavy (non-hydrogen) atoms. The van der Waals surface area contributed by atoms with Crippen molar-refractivity contribution in [1.29, 1.82) is 0 Å². The van der Waals surface area contributed by atoms with Crippen LogP contribution in [0, 0.1) is 0 Å². The van der Waals surface area contributed by atoms with Crippen LogP contribution >= 0.6 is 0 Å². The van der Waals surface area contributed by atoms with Crippen LogP contribution in [0.15, 0.2) is 61.2 Å². The molecule has 0 heterocycles. The molecule has 2 aromatic carbocycles. The lowest BCUT2D eigenvalue weighted by Crippen LogP contribution is -2.07. The van der Waals surface area contributed by atoms with Gasteiger partial charge in [0.1, 0.15) is 0 Å². The van der Waals surface area contributed by atoms with Gasteiger partial charge in [0.2, 0.25) is 0 Å². The van der Waals surface area contributed by atoms with Gasteiger partial charge >= 0.3 is 5.97 Å². The van der Waals surface area contributed by atoms with Crippen LogP contribution in [-0.4, -0.2) is 11.1 Å². The Bertz CT molecular complexity index is 582. The zero-order chi connectivity index (χ0) is 13.8. The number of carbonyl (C=O) groups is 1. The Labute approximate surface area is 113 Å². The van der Waals surface area contributed by atoms with Gasteiger partial charge in [-0.2, -0.15) is 0 Å². The second-order valence-corrected chi connectivity index (χ2v) is 4.53. The van der Waals surface area contributed by atoms with Crippen molar-refractivity contribution in [3.8, 4) is 0 Å². The molecule has 0 spiro atoms. The van der Waals surface area contributed by atoms with E-state index in [0.29, 0.717) is 0 Å². The van der Waals surface area contributed by atoms with Gasteiger partial charge in [0.15, 0.2) is 0 Å². The average molecular weight is 252 g/mol. The summed E-state index contributed by atoms with van der Waals surface area (Å²) in [4.78, 5) is 10.9. The summed E-state index contributed by atoms with van der Waals surface area (Å²) in [6.07, 6.45) is 0. The molecule has 1 unspecified atom stereocenters. The molecule has 0 amide bonds. The first-order valence-electron chi connectivity index (χ1n) is 6.17. The predicted octanol–water partition coefficient (Wildman–Crippen LogP) is 3.94. The Kier molecular flexibility index (Phi) is 3.81. The highest BCUT2D eigenvalue weighted by Crippen LogP contribution is 2.23. The minimum absolute atomic E-state index is 0.487. The maximum Gasteiger partial charge on any atom is 0.310 e. The average Bonchev–Trinajstić information content (AvgIpc) is 2.46. The zero-order valence-electron chi connectivity index (χ0n) is 10.8. The summed E-state index contributed by atoms with van der Waals surface area (Å²) in [6, 6.07) is 17.5. The van der Waals surface area contributed by atoms with Gasteiger partial charge in [-0.05, 0) is 29.2 Å². The fraction of sp³-hybridized carbons (Fsp3) is 0.118. The number of carboxylic acid groups (broad SMARTS) is 1. The van der Waals surface area contributed by atoms with Gasteiger partial charge in [-0.25, -0.2) is 0 Å². The lowest BCUT2D eigenvalue weighted by atomic mass is 9.95. The summed E-state index contributed by atoms with van der Waals surface area (Å²) in [5, 5.41) is 8.97. The molecule has 2 aromatic rings. The monoisotopic (exact) mass is 252 g/mol. The van der Waals surface area contributed by atoms with E-state index < -0.39 is 11.9 Å². The van der Waals surface area contributed by atoms with Crippen molar-refractivity contribution in [3.05, 3.63) is 77.9 Å². The summed E-state index contributed by atoms with van der Waals surface area (Å²) >= 11 is 0. The molecule has 0 radical (unpaired) electrons. The number of carboxylic acids is 1. The number of hydrogen-bond donors (Lipinski definition) is 1. The van der Waals surface area contributed by atoms with E-state index in [1.807, 2.05) is 54.6 Å². The molecule has 2 rings (SSSR count). The van der Waals surface area contributed by atoms with Gasteiger partial charge in [0, 0.05) is 0 Å². The largest absolute Gasteiger partial charge is 0.481 e. The van der Waals surface area contributed by atoms with Crippen LogP contribution < -0.4 is 0 Å². The quantitative estimate of drug-likeness (QED) is 0.895. The Balaban J connectivity index is 2.24. The van der Waals surface area contributed by atoms with Gasteiger partial charge in [-0.3, -0.25) is 4.79 Å². The summed E-state index contributed by atoms with van der Waals surface area (Å²) < 4.78 is 0. The number of hydrogen-bond acceptors (Lipinski definition) is 1. The molecule has 0 saturated carbocycles. The molecule has 2 nitrogen and oxygen atoms in total. The SMILES string of the molecule is C=C(c1ccccc1)c1ccc(C(C)C(=O)O)cc1. The number of rotatable bonds is 4. The molecule has 0 aliphatic heterocycles. The third-order valence-electron chi connectivity index (χ3n) is 3.25. The van der Waals surface area contributed by atoms with Crippen molar-refractivity contribution >= 4 is 11.5 Å². The normalized spacial score (nSPS) is 11.8. The third-order valence-corrected chi connectivity index (χ3v) is 3.25. The van der Waals surface area contributed by atoms with Crippen LogP contribution in [0.5, 0.6) is 0 Å². The smallest absolute Gasteiger partial charge is 0.310 e. The number of benzene rings is 2. The Morgan fingerprint density at radius 1 is 1.00 bits per heavy atom. The molecule has 0 saturated heterocycles. The van der Waals surface area contributed by atoms with E-state index in [2.05, 4.69) is 6.58 Å². The topological polar surface area (TPSA) is 37.3 Å². The lowest BCUT2D eigenvalue weighted by molar-refractivity contribution is -0.138. The molecular formula is C17H16O2. The van der Waals surface area contributed by atoms with Crippen LogP contribution in [-0.2, 0) is 4.79 Å². The van der Waals surface area contributed by atoms with E-state index >= 15 is 0 Å². The highest BCUT2D eigenvalue weighted by molar-refractivity contribution is 5.79. The van der Waals surface area contributed by atoms with Crippen LogP contribution in [0.25, 0.3) is 5.57 Å². The zero-order valence-corrected chi connectivity index (χ0v) is 10.8. The highest BCUT2D eigenvalue weighted by Gasteiger charge is 2.13. The molecule has 1 atom stereocenters. The maximum absolute atomic E-state index is 10.9. The molecular weight excluding hydrogens is 236 g/mol. The molecule has 1 N–H and O–H groups in total. The molecule has 96 valence electrons. The van der Waals surface area contributed by atoms with Crippen molar-refractivity contribution in [2.45, 2.75) is 12.8 Å². The number of aliphatic carboxylic acids is 1.